The van der Waals surface area contributed by atoms with Gasteiger partial charge in [0.1, 0.15) is 11.6 Å². The van der Waals surface area contributed by atoms with Gasteiger partial charge in [-0.25, -0.2) is 4.98 Å². The van der Waals surface area contributed by atoms with Gasteiger partial charge in [0, 0.05) is 5.92 Å². The second kappa shape index (κ2) is 4.17. The number of anilines is 1. The standard InChI is InChI=1S/C12H15N3/c1-9(12-14-8-11(13)15-12)7-10-5-3-2-4-6-10/h2-6,8-9H,7,13H2,1H3,(H,14,15). The first-order valence-corrected chi connectivity index (χ1v) is 5.10. The summed E-state index contributed by atoms with van der Waals surface area (Å²) < 4.78 is 0. The predicted molar refractivity (Wildman–Crippen MR) is 61.6 cm³/mol. The van der Waals surface area contributed by atoms with Crippen molar-refractivity contribution in [3.8, 4) is 0 Å². The van der Waals surface area contributed by atoms with Crippen LogP contribution < -0.4 is 5.73 Å². The molecule has 0 fully saturated rings. The largest absolute Gasteiger partial charge is 0.384 e. The molecule has 15 heavy (non-hydrogen) atoms. The van der Waals surface area contributed by atoms with E-state index in [4.69, 9.17) is 5.73 Å². The topological polar surface area (TPSA) is 54.7 Å². The number of nitrogens with two attached hydrogens (primary N) is 1. The van der Waals surface area contributed by atoms with Gasteiger partial charge >= 0.3 is 0 Å². The van der Waals surface area contributed by atoms with Crippen molar-refractivity contribution in [2.45, 2.75) is 19.3 Å². The minimum atomic E-state index is 0.365. The van der Waals surface area contributed by atoms with Gasteiger partial charge in [0.15, 0.2) is 0 Å². The van der Waals surface area contributed by atoms with Crippen LogP contribution in [0.15, 0.2) is 36.5 Å². The van der Waals surface area contributed by atoms with Crippen molar-refractivity contribution in [2.75, 3.05) is 5.73 Å². The Morgan fingerprint density at radius 1 is 1.33 bits per heavy atom. The van der Waals surface area contributed by atoms with Gasteiger partial charge in [0.2, 0.25) is 0 Å². The Morgan fingerprint density at radius 2 is 2.07 bits per heavy atom. The molecule has 1 aromatic carbocycles. The van der Waals surface area contributed by atoms with E-state index >= 15 is 0 Å². The summed E-state index contributed by atoms with van der Waals surface area (Å²) in [4.78, 5) is 7.29. The Balaban J connectivity index is 2.07. The minimum absolute atomic E-state index is 0.365. The zero-order valence-corrected chi connectivity index (χ0v) is 8.77. The smallest absolute Gasteiger partial charge is 0.120 e. The molecule has 0 aliphatic heterocycles. The van der Waals surface area contributed by atoms with Crippen LogP contribution in [0.1, 0.15) is 24.2 Å². The molecule has 1 atom stereocenters. The molecule has 1 unspecified atom stereocenters. The molecule has 0 saturated heterocycles. The van der Waals surface area contributed by atoms with E-state index in [0.717, 1.165) is 12.2 Å². The first kappa shape index (κ1) is 9.77. The highest BCUT2D eigenvalue weighted by atomic mass is 15.0. The van der Waals surface area contributed by atoms with Crippen molar-refractivity contribution >= 4 is 5.82 Å². The van der Waals surface area contributed by atoms with Crippen molar-refractivity contribution in [1.82, 2.24) is 9.97 Å². The predicted octanol–water partition coefficient (Wildman–Crippen LogP) is 2.34. The zero-order chi connectivity index (χ0) is 10.7. The van der Waals surface area contributed by atoms with Crippen molar-refractivity contribution in [2.24, 2.45) is 0 Å². The first-order valence-electron chi connectivity index (χ1n) is 5.10. The Hall–Kier alpha value is -1.77. The highest BCUT2D eigenvalue weighted by Crippen LogP contribution is 2.17. The van der Waals surface area contributed by atoms with Crippen LogP contribution in [-0.2, 0) is 6.42 Å². The summed E-state index contributed by atoms with van der Waals surface area (Å²) in [7, 11) is 0. The molecule has 0 radical (unpaired) electrons. The third-order valence-corrected chi connectivity index (χ3v) is 2.47. The molecular weight excluding hydrogens is 186 g/mol. The van der Waals surface area contributed by atoms with Crippen LogP contribution in [0.25, 0.3) is 0 Å². The summed E-state index contributed by atoms with van der Waals surface area (Å²) >= 11 is 0. The number of hydrogen-bond acceptors (Lipinski definition) is 2. The van der Waals surface area contributed by atoms with Crippen LogP contribution in [-0.4, -0.2) is 9.97 Å². The fourth-order valence-electron chi connectivity index (χ4n) is 1.67. The van der Waals surface area contributed by atoms with E-state index in [0.29, 0.717) is 11.7 Å². The van der Waals surface area contributed by atoms with Gasteiger partial charge in [-0.2, -0.15) is 0 Å². The van der Waals surface area contributed by atoms with Crippen LogP contribution in [0.3, 0.4) is 0 Å². The summed E-state index contributed by atoms with van der Waals surface area (Å²) in [5.74, 6) is 1.95. The van der Waals surface area contributed by atoms with Gasteiger partial charge in [-0.3, -0.25) is 0 Å². The van der Waals surface area contributed by atoms with E-state index < -0.39 is 0 Å². The van der Waals surface area contributed by atoms with Crippen molar-refractivity contribution in [3.63, 3.8) is 0 Å². The Labute approximate surface area is 89.4 Å². The molecule has 0 aliphatic rings. The summed E-state index contributed by atoms with van der Waals surface area (Å²) in [6, 6.07) is 10.4. The summed E-state index contributed by atoms with van der Waals surface area (Å²) in [5, 5.41) is 0. The number of aromatic amines is 1. The number of aromatic nitrogens is 2. The minimum Gasteiger partial charge on any atom is -0.384 e. The van der Waals surface area contributed by atoms with Crippen molar-refractivity contribution in [3.05, 3.63) is 47.9 Å². The monoisotopic (exact) mass is 201 g/mol. The van der Waals surface area contributed by atoms with Crippen LogP contribution >= 0.6 is 0 Å². The SMILES string of the molecule is CC(Cc1ccccc1)c1ncc(N)[nH]1. The molecule has 0 saturated carbocycles. The van der Waals surface area contributed by atoms with Gasteiger partial charge in [0.05, 0.1) is 6.20 Å². The van der Waals surface area contributed by atoms with E-state index in [1.165, 1.54) is 5.56 Å². The lowest BCUT2D eigenvalue weighted by molar-refractivity contribution is 0.711. The van der Waals surface area contributed by atoms with Gasteiger partial charge in [-0.05, 0) is 12.0 Å². The maximum Gasteiger partial charge on any atom is 0.120 e. The normalized spacial score (nSPS) is 12.6. The second-order valence-corrected chi connectivity index (χ2v) is 3.81. The summed E-state index contributed by atoms with van der Waals surface area (Å²) in [5.41, 5.74) is 6.91. The maximum atomic E-state index is 5.59. The number of imidazole rings is 1. The van der Waals surface area contributed by atoms with Crippen molar-refractivity contribution < 1.29 is 0 Å². The first-order chi connectivity index (χ1) is 7.25. The maximum absolute atomic E-state index is 5.59. The average molecular weight is 201 g/mol. The number of rotatable bonds is 3. The zero-order valence-electron chi connectivity index (χ0n) is 8.77. The average Bonchev–Trinajstić information content (AvgIpc) is 2.66. The molecule has 3 nitrogen and oxygen atoms in total. The fraction of sp³-hybridized carbons (Fsp3) is 0.250. The third kappa shape index (κ3) is 2.37. The second-order valence-electron chi connectivity index (χ2n) is 3.81. The molecule has 78 valence electrons. The lowest BCUT2D eigenvalue weighted by atomic mass is 10.0. The van der Waals surface area contributed by atoms with Crippen LogP contribution in [0.2, 0.25) is 0 Å². The van der Waals surface area contributed by atoms with Crippen molar-refractivity contribution in [1.29, 1.82) is 0 Å². The quantitative estimate of drug-likeness (QED) is 0.800. The number of nitrogens with one attached hydrogen (secondary N) is 1. The molecule has 0 spiro atoms. The molecular formula is C12H15N3. The number of H-pyrrole nitrogens is 1. The summed E-state index contributed by atoms with van der Waals surface area (Å²) in [6.07, 6.45) is 2.64. The molecule has 1 aromatic heterocycles. The highest BCUT2D eigenvalue weighted by Gasteiger charge is 2.09. The number of nitrogens with zero attached hydrogens (tertiary/aromatic N) is 1. The van der Waals surface area contributed by atoms with Gasteiger partial charge in [-0.15, -0.1) is 0 Å². The molecule has 1 heterocycles. The van der Waals surface area contributed by atoms with Gasteiger partial charge in [-0.1, -0.05) is 37.3 Å². The van der Waals surface area contributed by atoms with E-state index in [1.807, 2.05) is 6.07 Å². The summed E-state index contributed by atoms with van der Waals surface area (Å²) in [6.45, 7) is 2.14. The lowest BCUT2D eigenvalue weighted by Gasteiger charge is -2.08. The Morgan fingerprint density at radius 3 is 2.67 bits per heavy atom. The fourth-order valence-corrected chi connectivity index (χ4v) is 1.67. The Bertz CT molecular complexity index is 419. The van der Waals surface area contributed by atoms with Crippen LogP contribution in [0.4, 0.5) is 5.82 Å². The van der Waals surface area contributed by atoms with Gasteiger partial charge < -0.3 is 10.7 Å². The molecule has 0 bridgehead atoms. The number of hydrogen-bond donors (Lipinski definition) is 2. The molecule has 2 rings (SSSR count). The molecule has 3 N–H and O–H groups in total. The number of benzene rings is 1. The van der Waals surface area contributed by atoms with E-state index in [2.05, 4.69) is 41.2 Å². The molecule has 2 aromatic rings. The number of nitrogen functional groups attached to an aromatic ring is 1. The third-order valence-electron chi connectivity index (χ3n) is 2.47. The van der Waals surface area contributed by atoms with E-state index in [9.17, 15) is 0 Å². The molecule has 0 aliphatic carbocycles. The highest BCUT2D eigenvalue weighted by molar-refractivity contribution is 5.26. The van der Waals surface area contributed by atoms with E-state index in [1.54, 1.807) is 6.20 Å². The van der Waals surface area contributed by atoms with Gasteiger partial charge in [0.25, 0.3) is 0 Å². The Kier molecular flexibility index (Phi) is 2.72. The molecule has 0 amide bonds. The van der Waals surface area contributed by atoms with Crippen LogP contribution in [0, 0.1) is 0 Å². The molecule has 3 heteroatoms. The van der Waals surface area contributed by atoms with E-state index in [-0.39, 0.29) is 0 Å². The van der Waals surface area contributed by atoms with Crippen LogP contribution in [0.5, 0.6) is 0 Å². The lowest BCUT2D eigenvalue weighted by Crippen LogP contribution is -2.00.